The van der Waals surface area contributed by atoms with Gasteiger partial charge < -0.3 is 10.4 Å². The minimum absolute atomic E-state index is 0.530. The van der Waals surface area contributed by atoms with Crippen LogP contribution in [0.15, 0.2) is 0 Å². The number of aliphatic hydroxyl groups is 1. The van der Waals surface area contributed by atoms with Crippen molar-refractivity contribution in [2.24, 2.45) is 0 Å². The first kappa shape index (κ1) is 10.8. The summed E-state index contributed by atoms with van der Waals surface area (Å²) in [5, 5.41) is 23.1. The molecule has 0 spiro atoms. The maximum absolute atomic E-state index is 10.2. The first-order chi connectivity index (χ1) is 7.18. The van der Waals surface area contributed by atoms with Gasteiger partial charge in [0.25, 0.3) is 0 Å². The zero-order valence-electron chi connectivity index (χ0n) is 8.99. The number of aromatic nitrogens is 2. The summed E-state index contributed by atoms with van der Waals surface area (Å²) >= 11 is 1.53. The maximum atomic E-state index is 10.2. The van der Waals surface area contributed by atoms with E-state index in [0.717, 1.165) is 35.8 Å². The van der Waals surface area contributed by atoms with E-state index in [1.807, 2.05) is 6.92 Å². The Morgan fingerprint density at radius 2 is 2.07 bits per heavy atom. The van der Waals surface area contributed by atoms with Crippen molar-refractivity contribution in [1.29, 1.82) is 0 Å². The Morgan fingerprint density at radius 1 is 1.33 bits per heavy atom. The highest BCUT2D eigenvalue weighted by molar-refractivity contribution is 7.15. The van der Waals surface area contributed by atoms with E-state index in [-0.39, 0.29) is 0 Å². The molecule has 5 heteroatoms. The largest absolute Gasteiger partial charge is 0.388 e. The highest BCUT2D eigenvalue weighted by Gasteiger charge is 2.28. The number of anilines is 1. The lowest BCUT2D eigenvalue weighted by molar-refractivity contribution is 0.0167. The summed E-state index contributed by atoms with van der Waals surface area (Å²) < 4.78 is 0. The van der Waals surface area contributed by atoms with Crippen LogP contribution in [0.5, 0.6) is 0 Å². The molecule has 84 valence electrons. The van der Waals surface area contributed by atoms with Crippen LogP contribution in [-0.4, -0.2) is 27.4 Å². The van der Waals surface area contributed by atoms with Gasteiger partial charge in [0.15, 0.2) is 0 Å². The van der Waals surface area contributed by atoms with Crippen molar-refractivity contribution in [3.63, 3.8) is 0 Å². The number of hydrogen-bond acceptors (Lipinski definition) is 5. The molecule has 1 heterocycles. The van der Waals surface area contributed by atoms with Gasteiger partial charge in [-0.1, -0.05) is 30.6 Å². The van der Waals surface area contributed by atoms with E-state index in [2.05, 4.69) is 15.5 Å². The van der Waals surface area contributed by atoms with Crippen LogP contribution in [0.4, 0.5) is 5.13 Å². The molecule has 2 rings (SSSR count). The number of hydrogen-bond donors (Lipinski definition) is 2. The second kappa shape index (κ2) is 4.45. The monoisotopic (exact) mass is 227 g/mol. The van der Waals surface area contributed by atoms with Crippen LogP contribution < -0.4 is 5.32 Å². The average Bonchev–Trinajstić information content (AvgIpc) is 2.63. The summed E-state index contributed by atoms with van der Waals surface area (Å²) in [5.41, 5.74) is -0.530. The van der Waals surface area contributed by atoms with E-state index < -0.39 is 5.60 Å². The van der Waals surface area contributed by atoms with Crippen LogP contribution in [0.25, 0.3) is 0 Å². The van der Waals surface area contributed by atoms with Crippen molar-refractivity contribution in [2.75, 3.05) is 11.9 Å². The maximum Gasteiger partial charge on any atom is 0.205 e. The van der Waals surface area contributed by atoms with Gasteiger partial charge in [-0.2, -0.15) is 0 Å². The predicted molar refractivity (Wildman–Crippen MR) is 61.2 cm³/mol. The molecule has 1 aromatic rings. The Bertz CT molecular complexity index is 320. The summed E-state index contributed by atoms with van der Waals surface area (Å²) in [6.07, 6.45) is 5.32. The van der Waals surface area contributed by atoms with Crippen molar-refractivity contribution in [3.05, 3.63) is 5.01 Å². The van der Waals surface area contributed by atoms with Gasteiger partial charge in [-0.15, -0.1) is 10.2 Å². The fourth-order valence-corrected chi connectivity index (χ4v) is 2.58. The van der Waals surface area contributed by atoms with Gasteiger partial charge in [0.05, 0.1) is 5.60 Å². The molecule has 1 aromatic heterocycles. The van der Waals surface area contributed by atoms with Gasteiger partial charge in [0.1, 0.15) is 5.01 Å². The minimum atomic E-state index is -0.530. The number of nitrogens with one attached hydrogen (secondary N) is 1. The van der Waals surface area contributed by atoms with E-state index >= 15 is 0 Å². The predicted octanol–water partition coefficient (Wildman–Crippen LogP) is 1.95. The molecule has 1 aliphatic carbocycles. The number of nitrogens with zero attached hydrogens (tertiary/aromatic N) is 2. The standard InChI is InChI=1S/C10H17N3OS/c1-8-12-13-9(15-8)11-7-10(14)5-3-2-4-6-10/h14H,2-7H2,1H3,(H,11,13). The molecule has 0 aliphatic heterocycles. The molecule has 0 bridgehead atoms. The van der Waals surface area contributed by atoms with E-state index in [9.17, 15) is 5.11 Å². The molecule has 1 fully saturated rings. The molecule has 0 amide bonds. The van der Waals surface area contributed by atoms with Crippen LogP contribution in [0.1, 0.15) is 37.1 Å². The van der Waals surface area contributed by atoms with Gasteiger partial charge >= 0.3 is 0 Å². The van der Waals surface area contributed by atoms with Crippen molar-refractivity contribution < 1.29 is 5.11 Å². The smallest absolute Gasteiger partial charge is 0.205 e. The van der Waals surface area contributed by atoms with Crippen LogP contribution in [0.2, 0.25) is 0 Å². The fraction of sp³-hybridized carbons (Fsp3) is 0.800. The Morgan fingerprint density at radius 3 is 2.67 bits per heavy atom. The fourth-order valence-electron chi connectivity index (χ4n) is 1.99. The van der Waals surface area contributed by atoms with Gasteiger partial charge in [0.2, 0.25) is 5.13 Å². The SMILES string of the molecule is Cc1nnc(NCC2(O)CCCCC2)s1. The van der Waals surface area contributed by atoms with Gasteiger partial charge in [-0.3, -0.25) is 0 Å². The molecule has 0 unspecified atom stereocenters. The second-order valence-electron chi connectivity index (χ2n) is 4.26. The van der Waals surface area contributed by atoms with Gasteiger partial charge in [-0.25, -0.2) is 0 Å². The van der Waals surface area contributed by atoms with Crippen molar-refractivity contribution >= 4 is 16.5 Å². The highest BCUT2D eigenvalue weighted by atomic mass is 32.1. The van der Waals surface area contributed by atoms with Crippen LogP contribution in [-0.2, 0) is 0 Å². The molecule has 2 N–H and O–H groups in total. The van der Waals surface area contributed by atoms with E-state index in [0.29, 0.717) is 6.54 Å². The molecule has 0 radical (unpaired) electrons. The van der Waals surface area contributed by atoms with Crippen molar-refractivity contribution in [2.45, 2.75) is 44.6 Å². The minimum Gasteiger partial charge on any atom is -0.388 e. The van der Waals surface area contributed by atoms with Crippen LogP contribution in [0, 0.1) is 6.92 Å². The average molecular weight is 227 g/mol. The number of aryl methyl sites for hydroxylation is 1. The molecular weight excluding hydrogens is 210 g/mol. The Labute approximate surface area is 93.7 Å². The molecular formula is C10H17N3OS. The Kier molecular flexibility index (Phi) is 3.21. The molecule has 0 atom stereocenters. The summed E-state index contributed by atoms with van der Waals surface area (Å²) in [4.78, 5) is 0. The van der Waals surface area contributed by atoms with E-state index in [4.69, 9.17) is 0 Å². The van der Waals surface area contributed by atoms with Crippen LogP contribution >= 0.6 is 11.3 Å². The Hall–Kier alpha value is -0.680. The quantitative estimate of drug-likeness (QED) is 0.828. The highest BCUT2D eigenvalue weighted by Crippen LogP contribution is 2.28. The lowest BCUT2D eigenvalue weighted by Gasteiger charge is -2.31. The van der Waals surface area contributed by atoms with E-state index in [1.54, 1.807) is 0 Å². The summed E-state index contributed by atoms with van der Waals surface area (Å²) in [6, 6.07) is 0. The van der Waals surface area contributed by atoms with E-state index in [1.165, 1.54) is 17.8 Å². The molecule has 1 saturated carbocycles. The van der Waals surface area contributed by atoms with Gasteiger partial charge in [0, 0.05) is 6.54 Å². The van der Waals surface area contributed by atoms with Crippen molar-refractivity contribution in [3.8, 4) is 0 Å². The van der Waals surface area contributed by atoms with Crippen molar-refractivity contribution in [1.82, 2.24) is 10.2 Å². The normalized spacial score (nSPS) is 20.1. The third-order valence-corrected chi connectivity index (χ3v) is 3.68. The molecule has 15 heavy (non-hydrogen) atoms. The first-order valence-electron chi connectivity index (χ1n) is 5.44. The summed E-state index contributed by atoms with van der Waals surface area (Å²) in [6.45, 7) is 2.53. The third-order valence-electron chi connectivity index (χ3n) is 2.88. The molecule has 0 aromatic carbocycles. The Balaban J connectivity index is 1.86. The van der Waals surface area contributed by atoms with Gasteiger partial charge in [-0.05, 0) is 19.8 Å². The first-order valence-corrected chi connectivity index (χ1v) is 6.26. The molecule has 0 saturated heterocycles. The second-order valence-corrected chi connectivity index (χ2v) is 5.45. The molecule has 1 aliphatic rings. The summed E-state index contributed by atoms with van der Waals surface area (Å²) in [7, 11) is 0. The number of rotatable bonds is 3. The lowest BCUT2D eigenvalue weighted by atomic mass is 9.85. The summed E-state index contributed by atoms with van der Waals surface area (Å²) in [5.74, 6) is 0. The zero-order valence-corrected chi connectivity index (χ0v) is 9.81. The third kappa shape index (κ3) is 2.89. The zero-order chi connectivity index (χ0) is 10.7. The lowest BCUT2D eigenvalue weighted by Crippen LogP contribution is -2.38. The van der Waals surface area contributed by atoms with Crippen LogP contribution in [0.3, 0.4) is 0 Å². The molecule has 4 nitrogen and oxygen atoms in total. The topological polar surface area (TPSA) is 58.0 Å².